The number of carboxylic acid groups (broad SMARTS) is 1. The first-order chi connectivity index (χ1) is 9.77. The Labute approximate surface area is 117 Å². The fourth-order valence-electron chi connectivity index (χ4n) is 2.83. The van der Waals surface area contributed by atoms with E-state index >= 15 is 0 Å². The highest BCUT2D eigenvalue weighted by molar-refractivity contribution is 5.93. The molecule has 102 valence electrons. The molecule has 20 heavy (non-hydrogen) atoms. The maximum absolute atomic E-state index is 11.4. The van der Waals surface area contributed by atoms with Crippen molar-refractivity contribution in [3.63, 3.8) is 0 Å². The topological polar surface area (TPSA) is 53.4 Å². The van der Waals surface area contributed by atoms with Crippen molar-refractivity contribution < 1.29 is 9.90 Å². The van der Waals surface area contributed by atoms with Crippen LogP contribution >= 0.6 is 0 Å². The molecule has 2 aromatic rings. The molecule has 1 aliphatic heterocycles. The van der Waals surface area contributed by atoms with Gasteiger partial charge in [-0.1, -0.05) is 30.3 Å². The van der Waals surface area contributed by atoms with E-state index in [0.717, 1.165) is 19.4 Å². The summed E-state index contributed by atoms with van der Waals surface area (Å²) in [4.78, 5) is 17.8. The van der Waals surface area contributed by atoms with Crippen LogP contribution in [0.1, 0.15) is 34.8 Å². The van der Waals surface area contributed by atoms with Crippen LogP contribution in [0.5, 0.6) is 0 Å². The van der Waals surface area contributed by atoms with Gasteiger partial charge in [-0.15, -0.1) is 0 Å². The summed E-state index contributed by atoms with van der Waals surface area (Å²) in [6, 6.07) is 13.7. The summed E-state index contributed by atoms with van der Waals surface area (Å²) in [6.07, 6.45) is 3.73. The number of benzene rings is 1. The summed E-state index contributed by atoms with van der Waals surface area (Å²) in [6.45, 7) is 0.844. The molecule has 1 saturated heterocycles. The van der Waals surface area contributed by atoms with E-state index in [2.05, 4.69) is 22.0 Å². The first-order valence-electron chi connectivity index (χ1n) is 6.77. The van der Waals surface area contributed by atoms with Crippen LogP contribution in [0.25, 0.3) is 0 Å². The Morgan fingerprint density at radius 1 is 1.20 bits per heavy atom. The quantitative estimate of drug-likeness (QED) is 0.929. The van der Waals surface area contributed by atoms with Gasteiger partial charge in [-0.3, -0.25) is 0 Å². The minimum absolute atomic E-state index is 0.212. The molecule has 0 aliphatic carbocycles. The number of pyridine rings is 1. The molecule has 1 N–H and O–H groups in total. The Morgan fingerprint density at radius 3 is 2.75 bits per heavy atom. The smallest absolute Gasteiger partial charge is 0.339 e. The van der Waals surface area contributed by atoms with Gasteiger partial charge in [-0.05, 0) is 30.5 Å². The van der Waals surface area contributed by atoms with E-state index in [1.807, 2.05) is 18.2 Å². The Kier molecular flexibility index (Phi) is 3.37. The number of carbonyl (C=O) groups is 1. The molecule has 0 unspecified atom stereocenters. The molecule has 0 bridgehead atoms. The van der Waals surface area contributed by atoms with Crippen LogP contribution in [0, 0.1) is 0 Å². The molecule has 0 radical (unpaired) electrons. The molecule has 1 aromatic carbocycles. The van der Waals surface area contributed by atoms with Crippen LogP contribution in [0.15, 0.2) is 48.7 Å². The molecule has 1 fully saturated rings. The SMILES string of the molecule is O=C(O)c1cccnc1N1CCC[C@H]1c1ccccc1. The molecular formula is C16H16N2O2. The maximum atomic E-state index is 11.4. The number of rotatable bonds is 3. The number of aromatic nitrogens is 1. The van der Waals surface area contributed by atoms with Crippen molar-refractivity contribution in [1.29, 1.82) is 0 Å². The van der Waals surface area contributed by atoms with Crippen molar-refractivity contribution in [3.8, 4) is 0 Å². The zero-order valence-electron chi connectivity index (χ0n) is 11.1. The maximum Gasteiger partial charge on any atom is 0.339 e. The zero-order chi connectivity index (χ0) is 13.9. The van der Waals surface area contributed by atoms with E-state index in [4.69, 9.17) is 0 Å². The van der Waals surface area contributed by atoms with Crippen LogP contribution in [-0.4, -0.2) is 22.6 Å². The molecule has 0 amide bonds. The van der Waals surface area contributed by atoms with Crippen LogP contribution in [-0.2, 0) is 0 Å². The normalized spacial score (nSPS) is 18.2. The summed E-state index contributed by atoms with van der Waals surface area (Å²) in [7, 11) is 0. The molecule has 0 spiro atoms. The summed E-state index contributed by atoms with van der Waals surface area (Å²) >= 11 is 0. The van der Waals surface area contributed by atoms with Gasteiger partial charge in [0.05, 0.1) is 6.04 Å². The van der Waals surface area contributed by atoms with Gasteiger partial charge in [0.15, 0.2) is 0 Å². The number of carboxylic acids is 1. The van der Waals surface area contributed by atoms with Crippen molar-refractivity contribution in [2.45, 2.75) is 18.9 Å². The lowest BCUT2D eigenvalue weighted by atomic mass is 10.0. The molecule has 1 aliphatic rings. The Morgan fingerprint density at radius 2 is 2.00 bits per heavy atom. The molecule has 1 atom stereocenters. The first-order valence-corrected chi connectivity index (χ1v) is 6.77. The van der Waals surface area contributed by atoms with Crippen LogP contribution in [0.4, 0.5) is 5.82 Å². The molecular weight excluding hydrogens is 252 g/mol. The number of nitrogens with zero attached hydrogens (tertiary/aromatic N) is 2. The van der Waals surface area contributed by atoms with Gasteiger partial charge in [0.2, 0.25) is 0 Å². The van der Waals surface area contributed by atoms with Gasteiger partial charge >= 0.3 is 5.97 Å². The molecule has 0 saturated carbocycles. The third-order valence-corrected chi connectivity index (χ3v) is 3.73. The minimum atomic E-state index is -0.924. The van der Waals surface area contributed by atoms with Gasteiger partial charge in [0, 0.05) is 12.7 Å². The van der Waals surface area contributed by atoms with E-state index in [9.17, 15) is 9.90 Å². The summed E-state index contributed by atoms with van der Waals surface area (Å²) in [5, 5.41) is 9.32. The predicted octanol–water partition coefficient (Wildman–Crippen LogP) is 3.12. The minimum Gasteiger partial charge on any atom is -0.478 e. The van der Waals surface area contributed by atoms with Crippen LogP contribution in [0.2, 0.25) is 0 Å². The number of aromatic carboxylic acids is 1. The highest BCUT2D eigenvalue weighted by Gasteiger charge is 2.29. The number of hydrogen-bond acceptors (Lipinski definition) is 3. The van der Waals surface area contributed by atoms with E-state index in [-0.39, 0.29) is 11.6 Å². The Bertz CT molecular complexity index is 613. The molecule has 4 nitrogen and oxygen atoms in total. The summed E-state index contributed by atoms with van der Waals surface area (Å²) < 4.78 is 0. The first kappa shape index (κ1) is 12.7. The van der Waals surface area contributed by atoms with Crippen LogP contribution in [0.3, 0.4) is 0 Å². The lowest BCUT2D eigenvalue weighted by Gasteiger charge is -2.27. The average Bonchev–Trinajstić information content (AvgIpc) is 2.97. The van der Waals surface area contributed by atoms with E-state index in [1.165, 1.54) is 5.56 Å². The van der Waals surface area contributed by atoms with E-state index < -0.39 is 5.97 Å². The number of hydrogen-bond donors (Lipinski definition) is 1. The van der Waals surface area contributed by atoms with Crippen molar-refractivity contribution in [1.82, 2.24) is 4.98 Å². The standard InChI is InChI=1S/C16H16N2O2/c19-16(20)13-8-4-10-17-15(13)18-11-5-9-14(18)12-6-2-1-3-7-12/h1-4,6-8,10,14H,5,9,11H2,(H,19,20)/t14-/m0/s1. The van der Waals surface area contributed by atoms with E-state index in [0.29, 0.717) is 5.82 Å². The lowest BCUT2D eigenvalue weighted by molar-refractivity contribution is 0.0697. The fraction of sp³-hybridized carbons (Fsp3) is 0.250. The molecule has 3 rings (SSSR count). The lowest BCUT2D eigenvalue weighted by Crippen LogP contribution is -2.25. The summed E-state index contributed by atoms with van der Waals surface area (Å²) in [5.74, 6) is -0.349. The second kappa shape index (κ2) is 5.33. The van der Waals surface area contributed by atoms with Gasteiger partial charge in [-0.2, -0.15) is 0 Å². The van der Waals surface area contributed by atoms with Crippen molar-refractivity contribution in [2.24, 2.45) is 0 Å². The van der Waals surface area contributed by atoms with Crippen molar-refractivity contribution >= 4 is 11.8 Å². The fourth-order valence-corrected chi connectivity index (χ4v) is 2.83. The Hall–Kier alpha value is -2.36. The van der Waals surface area contributed by atoms with Crippen molar-refractivity contribution in [3.05, 3.63) is 59.8 Å². The molecule has 2 heterocycles. The van der Waals surface area contributed by atoms with Gasteiger partial charge in [-0.25, -0.2) is 9.78 Å². The number of anilines is 1. The molecule has 4 heteroatoms. The van der Waals surface area contributed by atoms with Crippen molar-refractivity contribution in [2.75, 3.05) is 11.4 Å². The van der Waals surface area contributed by atoms with E-state index in [1.54, 1.807) is 18.3 Å². The Balaban J connectivity index is 1.99. The van der Waals surface area contributed by atoms with Crippen LogP contribution < -0.4 is 4.90 Å². The summed E-state index contributed by atoms with van der Waals surface area (Å²) in [5.41, 5.74) is 1.49. The zero-order valence-corrected chi connectivity index (χ0v) is 11.1. The van der Waals surface area contributed by atoms with Gasteiger partial charge in [0.25, 0.3) is 0 Å². The second-order valence-corrected chi connectivity index (χ2v) is 4.94. The average molecular weight is 268 g/mol. The highest BCUT2D eigenvalue weighted by atomic mass is 16.4. The van der Waals surface area contributed by atoms with Gasteiger partial charge in [0.1, 0.15) is 11.4 Å². The molecule has 1 aromatic heterocycles. The second-order valence-electron chi connectivity index (χ2n) is 4.94. The van der Waals surface area contributed by atoms with Gasteiger partial charge < -0.3 is 10.0 Å². The third kappa shape index (κ3) is 2.25. The highest BCUT2D eigenvalue weighted by Crippen LogP contribution is 2.36. The largest absolute Gasteiger partial charge is 0.478 e. The monoisotopic (exact) mass is 268 g/mol. The predicted molar refractivity (Wildman–Crippen MR) is 77.0 cm³/mol. The third-order valence-electron chi connectivity index (χ3n) is 3.73.